The van der Waals surface area contributed by atoms with Gasteiger partial charge < -0.3 is 4.74 Å². The number of carbonyl (C=O) groups excluding carboxylic acids is 1. The molecule has 1 aromatic heterocycles. The van der Waals surface area contributed by atoms with Crippen LogP contribution in [0.25, 0.3) is 0 Å². The second-order valence-electron chi connectivity index (χ2n) is 4.26. The molecule has 0 saturated carbocycles. The van der Waals surface area contributed by atoms with Gasteiger partial charge in [-0.2, -0.15) is 0 Å². The topological polar surface area (TPSA) is 81.2 Å². The summed E-state index contributed by atoms with van der Waals surface area (Å²) in [7, 11) is 1.32. The number of hydrogen-bond donors (Lipinski definition) is 1. The van der Waals surface area contributed by atoms with Gasteiger partial charge >= 0.3 is 5.97 Å². The van der Waals surface area contributed by atoms with Crippen LogP contribution in [0.1, 0.15) is 11.1 Å². The molecule has 2 aromatic rings. The molecule has 0 bridgehead atoms. The van der Waals surface area contributed by atoms with Gasteiger partial charge in [-0.05, 0) is 11.1 Å². The summed E-state index contributed by atoms with van der Waals surface area (Å²) < 4.78 is 5.84. The fourth-order valence-electron chi connectivity index (χ4n) is 1.86. The number of carbonyl (C=O) groups is 1. The molecule has 104 valence electrons. The van der Waals surface area contributed by atoms with Gasteiger partial charge in [-0.25, -0.2) is 4.68 Å². The largest absolute Gasteiger partial charge is 0.469 e. The van der Waals surface area contributed by atoms with Crippen molar-refractivity contribution in [2.45, 2.75) is 13.0 Å². The summed E-state index contributed by atoms with van der Waals surface area (Å²) in [5.74, 6) is -0.355. The zero-order valence-corrected chi connectivity index (χ0v) is 11.0. The molecule has 0 aliphatic rings. The predicted octanol–water partition coefficient (Wildman–Crippen LogP) is 0.300. The van der Waals surface area contributed by atoms with E-state index < -0.39 is 0 Å². The van der Waals surface area contributed by atoms with E-state index in [2.05, 4.69) is 9.84 Å². The first kappa shape index (κ1) is 13.8. The fourth-order valence-corrected chi connectivity index (χ4v) is 1.86. The first-order valence-corrected chi connectivity index (χ1v) is 6.04. The standard InChI is InChI=1S/C14H14N2O4/c1-20-14(19)8-10-4-2-3-5-11(10)9-16-13(18)7-6-12(17)15-16/h2-7H,8-9H2,1H3,(H,15,17). The highest BCUT2D eigenvalue weighted by atomic mass is 16.5. The number of methoxy groups -OCH3 is 1. The summed E-state index contributed by atoms with van der Waals surface area (Å²) in [4.78, 5) is 34.3. The monoisotopic (exact) mass is 274 g/mol. The molecule has 0 radical (unpaired) electrons. The molecule has 1 heterocycles. The molecule has 6 nitrogen and oxygen atoms in total. The van der Waals surface area contributed by atoms with Crippen molar-refractivity contribution in [3.8, 4) is 0 Å². The van der Waals surface area contributed by atoms with Crippen molar-refractivity contribution in [3.05, 3.63) is 68.2 Å². The van der Waals surface area contributed by atoms with Crippen molar-refractivity contribution >= 4 is 5.97 Å². The van der Waals surface area contributed by atoms with E-state index in [1.807, 2.05) is 6.07 Å². The van der Waals surface area contributed by atoms with Crippen LogP contribution in [0.4, 0.5) is 0 Å². The minimum atomic E-state index is -0.355. The third-order valence-electron chi connectivity index (χ3n) is 2.90. The molecule has 20 heavy (non-hydrogen) atoms. The maximum atomic E-state index is 11.7. The number of esters is 1. The summed E-state index contributed by atoms with van der Waals surface area (Å²) >= 11 is 0. The van der Waals surface area contributed by atoms with Gasteiger partial charge in [-0.15, -0.1) is 0 Å². The van der Waals surface area contributed by atoms with E-state index in [9.17, 15) is 14.4 Å². The second kappa shape index (κ2) is 6.01. The van der Waals surface area contributed by atoms with E-state index in [1.54, 1.807) is 18.2 Å². The molecule has 6 heteroatoms. The van der Waals surface area contributed by atoms with Crippen LogP contribution >= 0.6 is 0 Å². The Balaban J connectivity index is 2.34. The van der Waals surface area contributed by atoms with E-state index in [0.717, 1.165) is 11.1 Å². The molecule has 0 aliphatic heterocycles. The Hall–Kier alpha value is -2.63. The van der Waals surface area contributed by atoms with E-state index in [-0.39, 0.29) is 30.1 Å². The molecule has 0 aliphatic carbocycles. The number of hydrogen-bond acceptors (Lipinski definition) is 4. The van der Waals surface area contributed by atoms with Crippen LogP contribution in [0.3, 0.4) is 0 Å². The summed E-state index contributed by atoms with van der Waals surface area (Å²) in [6.45, 7) is 0.197. The highest BCUT2D eigenvalue weighted by Crippen LogP contribution is 2.10. The SMILES string of the molecule is COC(=O)Cc1ccccc1Cn1[nH]c(=O)ccc1=O. The lowest BCUT2D eigenvalue weighted by molar-refractivity contribution is -0.139. The summed E-state index contributed by atoms with van der Waals surface area (Å²) in [5, 5.41) is 2.45. The smallest absolute Gasteiger partial charge is 0.309 e. The maximum absolute atomic E-state index is 11.7. The van der Waals surface area contributed by atoms with Crippen molar-refractivity contribution in [1.82, 2.24) is 9.78 Å². The molecular weight excluding hydrogens is 260 g/mol. The van der Waals surface area contributed by atoms with Crippen LogP contribution in [-0.2, 0) is 22.5 Å². The Morgan fingerprint density at radius 1 is 1.15 bits per heavy atom. The molecule has 1 N–H and O–H groups in total. The number of nitrogens with zero attached hydrogens (tertiary/aromatic N) is 1. The zero-order valence-electron chi connectivity index (χ0n) is 11.0. The first-order chi connectivity index (χ1) is 9.60. The first-order valence-electron chi connectivity index (χ1n) is 6.04. The summed E-state index contributed by atoms with van der Waals surface area (Å²) in [5.41, 5.74) is 0.880. The van der Waals surface area contributed by atoms with Gasteiger partial charge in [0.15, 0.2) is 0 Å². The highest BCUT2D eigenvalue weighted by Gasteiger charge is 2.09. The number of aromatic amines is 1. The van der Waals surface area contributed by atoms with Gasteiger partial charge in [0.05, 0.1) is 20.1 Å². The molecule has 0 saturated heterocycles. The van der Waals surface area contributed by atoms with Crippen LogP contribution in [0, 0.1) is 0 Å². The average Bonchev–Trinajstić information content (AvgIpc) is 2.44. The summed E-state index contributed by atoms with van der Waals surface area (Å²) in [6.07, 6.45) is 0.124. The van der Waals surface area contributed by atoms with Crippen molar-refractivity contribution < 1.29 is 9.53 Å². The third kappa shape index (κ3) is 3.23. The van der Waals surface area contributed by atoms with Gasteiger partial charge in [0.25, 0.3) is 11.1 Å². The molecular formula is C14H14N2O4. The van der Waals surface area contributed by atoms with Gasteiger partial charge in [0.1, 0.15) is 0 Å². The Morgan fingerprint density at radius 2 is 1.85 bits per heavy atom. The average molecular weight is 274 g/mol. The molecule has 2 rings (SSSR count). The van der Waals surface area contributed by atoms with E-state index >= 15 is 0 Å². The van der Waals surface area contributed by atoms with Crippen LogP contribution in [0.5, 0.6) is 0 Å². The molecule has 0 amide bonds. The minimum absolute atomic E-state index is 0.124. The van der Waals surface area contributed by atoms with Crippen LogP contribution in [0.15, 0.2) is 46.0 Å². The highest BCUT2D eigenvalue weighted by molar-refractivity contribution is 5.72. The second-order valence-corrected chi connectivity index (χ2v) is 4.26. The number of rotatable bonds is 4. The predicted molar refractivity (Wildman–Crippen MR) is 72.6 cm³/mol. The number of benzene rings is 1. The molecule has 0 spiro atoms. The van der Waals surface area contributed by atoms with Crippen molar-refractivity contribution in [2.24, 2.45) is 0 Å². The Kier molecular flexibility index (Phi) is 4.14. The third-order valence-corrected chi connectivity index (χ3v) is 2.90. The Bertz CT molecular complexity index is 730. The Morgan fingerprint density at radius 3 is 2.55 bits per heavy atom. The van der Waals surface area contributed by atoms with E-state index in [4.69, 9.17) is 0 Å². The number of nitrogens with one attached hydrogen (secondary N) is 1. The van der Waals surface area contributed by atoms with Gasteiger partial charge in [-0.3, -0.25) is 19.5 Å². The number of H-pyrrole nitrogens is 1. The molecule has 0 atom stereocenters. The quantitative estimate of drug-likeness (QED) is 0.813. The Labute approximate surface area is 114 Å². The van der Waals surface area contributed by atoms with Crippen molar-refractivity contribution in [3.63, 3.8) is 0 Å². The number of aromatic nitrogens is 2. The lowest BCUT2D eigenvalue weighted by Gasteiger charge is -2.10. The van der Waals surface area contributed by atoms with Gasteiger partial charge in [0.2, 0.25) is 0 Å². The summed E-state index contributed by atoms with van der Waals surface area (Å²) in [6, 6.07) is 9.59. The maximum Gasteiger partial charge on any atom is 0.309 e. The van der Waals surface area contributed by atoms with Crippen LogP contribution in [0.2, 0.25) is 0 Å². The van der Waals surface area contributed by atoms with E-state index in [0.29, 0.717) is 0 Å². The fraction of sp³-hybridized carbons (Fsp3) is 0.214. The normalized spacial score (nSPS) is 10.2. The molecule has 0 fully saturated rings. The zero-order chi connectivity index (χ0) is 14.5. The molecule has 0 unspecified atom stereocenters. The van der Waals surface area contributed by atoms with Gasteiger partial charge in [0, 0.05) is 12.1 Å². The van der Waals surface area contributed by atoms with Crippen molar-refractivity contribution in [2.75, 3.05) is 7.11 Å². The lowest BCUT2D eigenvalue weighted by atomic mass is 10.0. The molecule has 1 aromatic carbocycles. The lowest BCUT2D eigenvalue weighted by Crippen LogP contribution is -2.28. The minimum Gasteiger partial charge on any atom is -0.469 e. The number of ether oxygens (including phenoxy) is 1. The van der Waals surface area contributed by atoms with Crippen LogP contribution in [-0.4, -0.2) is 22.9 Å². The van der Waals surface area contributed by atoms with Crippen LogP contribution < -0.4 is 11.1 Å². The van der Waals surface area contributed by atoms with E-state index in [1.165, 1.54) is 23.9 Å². The van der Waals surface area contributed by atoms with Gasteiger partial charge in [-0.1, -0.05) is 24.3 Å². The van der Waals surface area contributed by atoms with Crippen molar-refractivity contribution in [1.29, 1.82) is 0 Å².